The molecular formula is C28H29F. The fraction of sp³-hybridized carbons (Fsp3) is 0.286. The fourth-order valence-electron chi connectivity index (χ4n) is 3.45. The smallest absolute Gasteiger partial charge is 0.131 e. The molecule has 0 aliphatic carbocycles. The van der Waals surface area contributed by atoms with Crippen LogP contribution in [-0.2, 0) is 12.8 Å². The van der Waals surface area contributed by atoms with Crippen LogP contribution >= 0.6 is 0 Å². The lowest BCUT2D eigenvalue weighted by Crippen LogP contribution is -1.90. The molecule has 0 atom stereocenters. The van der Waals surface area contributed by atoms with Crippen LogP contribution in [0.1, 0.15) is 61.8 Å². The van der Waals surface area contributed by atoms with Crippen LogP contribution in [-0.4, -0.2) is 0 Å². The molecule has 1 heteroatoms. The molecule has 0 aliphatic rings. The Labute approximate surface area is 174 Å². The normalized spacial score (nSPS) is 10.4. The number of unbranched alkanes of at least 4 members (excludes halogenated alkanes) is 2. The van der Waals surface area contributed by atoms with E-state index in [2.05, 4.69) is 50.0 Å². The van der Waals surface area contributed by atoms with E-state index in [4.69, 9.17) is 0 Å². The Morgan fingerprint density at radius 2 is 1.28 bits per heavy atom. The summed E-state index contributed by atoms with van der Waals surface area (Å²) in [5.74, 6) is 6.26. The van der Waals surface area contributed by atoms with E-state index in [1.165, 1.54) is 18.4 Å². The molecule has 0 spiro atoms. The Morgan fingerprint density at radius 3 is 1.86 bits per heavy atom. The van der Waals surface area contributed by atoms with Crippen LogP contribution in [0, 0.1) is 17.7 Å². The zero-order valence-electron chi connectivity index (χ0n) is 17.5. The second-order valence-electron chi connectivity index (χ2n) is 7.55. The predicted octanol–water partition coefficient (Wildman–Crippen LogP) is 7.58. The molecule has 148 valence electrons. The summed E-state index contributed by atoms with van der Waals surface area (Å²) in [5.41, 5.74) is 5.90. The van der Waals surface area contributed by atoms with E-state index in [1.54, 1.807) is 6.07 Å². The highest BCUT2D eigenvalue weighted by atomic mass is 19.1. The van der Waals surface area contributed by atoms with E-state index in [1.807, 2.05) is 36.4 Å². The van der Waals surface area contributed by atoms with Crippen LogP contribution in [0.3, 0.4) is 0 Å². The minimum atomic E-state index is -0.148. The molecule has 0 radical (unpaired) electrons. The van der Waals surface area contributed by atoms with Crippen molar-refractivity contribution in [3.05, 3.63) is 94.8 Å². The van der Waals surface area contributed by atoms with Gasteiger partial charge in [0, 0.05) is 16.7 Å². The summed E-state index contributed by atoms with van der Waals surface area (Å²) in [6.07, 6.45) is 6.68. The van der Waals surface area contributed by atoms with Gasteiger partial charge in [-0.2, -0.15) is 0 Å². The van der Waals surface area contributed by atoms with Gasteiger partial charge in [-0.25, -0.2) is 4.39 Å². The first-order valence-corrected chi connectivity index (χ1v) is 10.7. The maximum absolute atomic E-state index is 14.6. The Hall–Kier alpha value is -2.85. The van der Waals surface area contributed by atoms with Gasteiger partial charge in [-0.1, -0.05) is 81.3 Å². The van der Waals surface area contributed by atoms with Crippen molar-refractivity contribution in [3.63, 3.8) is 0 Å². The first-order chi connectivity index (χ1) is 14.2. The van der Waals surface area contributed by atoms with Gasteiger partial charge in [0.15, 0.2) is 0 Å². The van der Waals surface area contributed by atoms with E-state index >= 15 is 0 Å². The van der Waals surface area contributed by atoms with E-state index in [0.29, 0.717) is 5.56 Å². The van der Waals surface area contributed by atoms with Crippen molar-refractivity contribution in [1.82, 2.24) is 0 Å². The number of hydrogen-bond acceptors (Lipinski definition) is 0. The monoisotopic (exact) mass is 384 g/mol. The lowest BCUT2D eigenvalue weighted by atomic mass is 9.99. The average molecular weight is 385 g/mol. The second kappa shape index (κ2) is 10.6. The molecule has 0 N–H and O–H groups in total. The molecule has 0 aliphatic heterocycles. The van der Waals surface area contributed by atoms with E-state index in [0.717, 1.165) is 47.9 Å². The SMILES string of the molecule is CCCCCc1ccc(-c2ccc(C#Cc3ccc(CCC)cc3)cc2)c(F)c1. The first-order valence-electron chi connectivity index (χ1n) is 10.7. The van der Waals surface area contributed by atoms with E-state index in [-0.39, 0.29) is 5.82 Å². The number of benzene rings is 3. The van der Waals surface area contributed by atoms with Crippen LogP contribution in [0.25, 0.3) is 11.1 Å². The first kappa shape index (κ1) is 20.9. The molecule has 3 rings (SSSR count). The largest absolute Gasteiger partial charge is 0.206 e. The molecule has 0 heterocycles. The minimum absolute atomic E-state index is 0.148. The summed E-state index contributed by atoms with van der Waals surface area (Å²) in [7, 11) is 0. The number of rotatable bonds is 7. The van der Waals surface area contributed by atoms with Crippen LogP contribution in [0.15, 0.2) is 66.7 Å². The third-order valence-corrected chi connectivity index (χ3v) is 5.14. The summed E-state index contributed by atoms with van der Waals surface area (Å²) in [5, 5.41) is 0. The highest BCUT2D eigenvalue weighted by Gasteiger charge is 2.06. The van der Waals surface area contributed by atoms with Crippen molar-refractivity contribution in [3.8, 4) is 23.0 Å². The van der Waals surface area contributed by atoms with Gasteiger partial charge in [0.1, 0.15) is 5.82 Å². The molecule has 0 nitrogen and oxygen atoms in total. The zero-order valence-corrected chi connectivity index (χ0v) is 17.5. The number of aryl methyl sites for hydroxylation is 2. The average Bonchev–Trinajstić information content (AvgIpc) is 2.74. The van der Waals surface area contributed by atoms with Crippen LogP contribution in [0.4, 0.5) is 4.39 Å². The van der Waals surface area contributed by atoms with Crippen molar-refractivity contribution >= 4 is 0 Å². The number of halogens is 1. The Morgan fingerprint density at radius 1 is 0.655 bits per heavy atom. The Bertz CT molecular complexity index is 970. The Kier molecular flexibility index (Phi) is 7.65. The minimum Gasteiger partial charge on any atom is -0.206 e. The van der Waals surface area contributed by atoms with Crippen molar-refractivity contribution < 1.29 is 4.39 Å². The van der Waals surface area contributed by atoms with Crippen LogP contribution < -0.4 is 0 Å². The fourth-order valence-corrected chi connectivity index (χ4v) is 3.45. The highest BCUT2D eigenvalue weighted by Crippen LogP contribution is 2.24. The van der Waals surface area contributed by atoms with Gasteiger partial charge in [-0.15, -0.1) is 0 Å². The number of hydrogen-bond donors (Lipinski definition) is 0. The van der Waals surface area contributed by atoms with Crippen molar-refractivity contribution in [2.24, 2.45) is 0 Å². The highest BCUT2D eigenvalue weighted by molar-refractivity contribution is 5.65. The third kappa shape index (κ3) is 6.06. The Balaban J connectivity index is 1.69. The lowest BCUT2D eigenvalue weighted by molar-refractivity contribution is 0.626. The summed E-state index contributed by atoms with van der Waals surface area (Å²) >= 11 is 0. The molecule has 0 fully saturated rings. The van der Waals surface area contributed by atoms with Gasteiger partial charge in [-0.3, -0.25) is 0 Å². The molecule has 0 amide bonds. The van der Waals surface area contributed by atoms with Gasteiger partial charge in [0.05, 0.1) is 0 Å². The lowest BCUT2D eigenvalue weighted by Gasteiger charge is -2.07. The molecule has 3 aromatic carbocycles. The van der Waals surface area contributed by atoms with Crippen molar-refractivity contribution in [2.45, 2.75) is 52.4 Å². The molecule has 29 heavy (non-hydrogen) atoms. The standard InChI is InChI=1S/C28H29F/c1-3-5-6-8-25-17-20-27(28(29)21-25)26-18-15-24(16-19-26)14-13-23-11-9-22(7-4-2)10-12-23/h9-12,15-21H,3-8H2,1-2H3. The molecule has 0 bridgehead atoms. The molecular weight excluding hydrogens is 355 g/mol. The van der Waals surface area contributed by atoms with Gasteiger partial charge >= 0.3 is 0 Å². The maximum Gasteiger partial charge on any atom is 0.131 e. The van der Waals surface area contributed by atoms with Crippen LogP contribution in [0.2, 0.25) is 0 Å². The third-order valence-electron chi connectivity index (χ3n) is 5.14. The summed E-state index contributed by atoms with van der Waals surface area (Å²) < 4.78 is 14.6. The summed E-state index contributed by atoms with van der Waals surface area (Å²) in [4.78, 5) is 0. The van der Waals surface area contributed by atoms with Crippen molar-refractivity contribution in [2.75, 3.05) is 0 Å². The van der Waals surface area contributed by atoms with Crippen molar-refractivity contribution in [1.29, 1.82) is 0 Å². The molecule has 3 aromatic rings. The molecule has 0 saturated heterocycles. The molecule has 0 saturated carbocycles. The van der Waals surface area contributed by atoms with Crippen LogP contribution in [0.5, 0.6) is 0 Å². The van der Waals surface area contributed by atoms with E-state index < -0.39 is 0 Å². The summed E-state index contributed by atoms with van der Waals surface area (Å²) in [6.45, 7) is 4.37. The van der Waals surface area contributed by atoms with Gasteiger partial charge in [0.2, 0.25) is 0 Å². The molecule has 0 unspecified atom stereocenters. The second-order valence-corrected chi connectivity index (χ2v) is 7.55. The zero-order chi connectivity index (χ0) is 20.5. The quantitative estimate of drug-likeness (QED) is 0.291. The van der Waals surface area contributed by atoms with Gasteiger partial charge in [0.25, 0.3) is 0 Å². The summed E-state index contributed by atoms with van der Waals surface area (Å²) in [6, 6.07) is 21.9. The predicted molar refractivity (Wildman–Crippen MR) is 121 cm³/mol. The van der Waals surface area contributed by atoms with Gasteiger partial charge < -0.3 is 0 Å². The molecule has 0 aromatic heterocycles. The van der Waals surface area contributed by atoms with E-state index in [9.17, 15) is 4.39 Å². The topological polar surface area (TPSA) is 0 Å². The maximum atomic E-state index is 14.6. The van der Waals surface area contributed by atoms with Gasteiger partial charge in [-0.05, 0) is 66.3 Å².